The molecule has 1 amide bonds. The summed E-state index contributed by atoms with van der Waals surface area (Å²) in [7, 11) is 1.90. The van der Waals surface area contributed by atoms with Crippen LogP contribution in [-0.2, 0) is 13.5 Å². The van der Waals surface area contributed by atoms with Gasteiger partial charge in [-0.15, -0.1) is 0 Å². The summed E-state index contributed by atoms with van der Waals surface area (Å²) in [4.78, 5) is 15.6. The molecule has 1 heterocycles. The molecule has 3 rings (SSSR count). The number of aliphatic imine (C=N–C) groups is 1. The van der Waals surface area contributed by atoms with Gasteiger partial charge in [0.1, 0.15) is 0 Å². The Balaban J connectivity index is 2.08. The van der Waals surface area contributed by atoms with Crippen molar-refractivity contribution in [2.45, 2.75) is 12.8 Å². The fourth-order valence-electron chi connectivity index (χ4n) is 2.72. The molecule has 0 fully saturated rings. The predicted octanol–water partition coefficient (Wildman–Crippen LogP) is 1.21. The molecule has 6 heteroatoms. The van der Waals surface area contributed by atoms with Crippen LogP contribution in [0.1, 0.15) is 33.6 Å². The highest BCUT2D eigenvalue weighted by atomic mass is 16.1. The van der Waals surface area contributed by atoms with E-state index < -0.39 is 5.91 Å². The molecular weight excluding hydrogens is 278 g/mol. The van der Waals surface area contributed by atoms with Gasteiger partial charge >= 0.3 is 0 Å². The van der Waals surface area contributed by atoms with Crippen molar-refractivity contribution in [3.8, 4) is 0 Å². The second-order valence-electron chi connectivity index (χ2n) is 5.21. The van der Waals surface area contributed by atoms with Crippen molar-refractivity contribution >= 4 is 17.4 Å². The largest absolute Gasteiger partial charge is 0.370 e. The van der Waals surface area contributed by atoms with Crippen LogP contribution in [0, 0.1) is 0 Å². The van der Waals surface area contributed by atoms with E-state index in [9.17, 15) is 4.79 Å². The number of carbonyl (C=O) groups excluding carboxylic acids is 1. The number of fused-ring (bicyclic) bond motifs is 1. The van der Waals surface area contributed by atoms with E-state index in [1.54, 1.807) is 12.3 Å². The van der Waals surface area contributed by atoms with Crippen LogP contribution in [0.25, 0.3) is 5.57 Å². The molecule has 6 nitrogen and oxygen atoms in total. The smallest absolute Gasteiger partial charge is 0.280 e. The Kier molecular flexibility index (Phi) is 3.50. The quantitative estimate of drug-likeness (QED) is 0.642. The normalized spacial score (nSPS) is 13.2. The summed E-state index contributed by atoms with van der Waals surface area (Å²) in [5.41, 5.74) is 15.4. The molecule has 0 atom stereocenters. The van der Waals surface area contributed by atoms with Crippen molar-refractivity contribution in [2.24, 2.45) is 23.5 Å². The van der Waals surface area contributed by atoms with E-state index in [4.69, 9.17) is 11.5 Å². The zero-order valence-electron chi connectivity index (χ0n) is 12.3. The fourth-order valence-corrected chi connectivity index (χ4v) is 2.72. The second-order valence-corrected chi connectivity index (χ2v) is 5.21. The lowest BCUT2D eigenvalue weighted by atomic mass is 9.88. The Morgan fingerprint density at radius 3 is 2.82 bits per heavy atom. The van der Waals surface area contributed by atoms with Crippen LogP contribution in [-0.4, -0.2) is 21.6 Å². The molecule has 1 aliphatic rings. The molecule has 1 aliphatic carbocycles. The number of rotatable bonds is 2. The summed E-state index contributed by atoms with van der Waals surface area (Å²) in [6.45, 7) is 0. The maximum Gasteiger partial charge on any atom is 0.280 e. The molecule has 4 N–H and O–H groups in total. The average molecular weight is 295 g/mol. The van der Waals surface area contributed by atoms with Gasteiger partial charge in [0.05, 0.1) is 5.69 Å². The number of benzene rings is 1. The molecule has 0 saturated heterocycles. The molecule has 2 aromatic rings. The third-order valence-corrected chi connectivity index (χ3v) is 3.74. The molecule has 1 aromatic carbocycles. The van der Waals surface area contributed by atoms with Crippen molar-refractivity contribution in [3.05, 3.63) is 58.9 Å². The van der Waals surface area contributed by atoms with Gasteiger partial charge in [0.25, 0.3) is 5.91 Å². The minimum Gasteiger partial charge on any atom is -0.370 e. The first kappa shape index (κ1) is 14.1. The molecule has 0 bridgehead atoms. The van der Waals surface area contributed by atoms with Crippen molar-refractivity contribution in [3.63, 3.8) is 0 Å². The molecule has 0 saturated carbocycles. The van der Waals surface area contributed by atoms with E-state index >= 15 is 0 Å². The first-order chi connectivity index (χ1) is 10.6. The van der Waals surface area contributed by atoms with Crippen molar-refractivity contribution < 1.29 is 4.79 Å². The van der Waals surface area contributed by atoms with Crippen LogP contribution in [0.15, 0.2) is 41.5 Å². The van der Waals surface area contributed by atoms with Crippen molar-refractivity contribution in [2.75, 3.05) is 0 Å². The van der Waals surface area contributed by atoms with Gasteiger partial charge < -0.3 is 11.5 Å². The van der Waals surface area contributed by atoms with E-state index in [2.05, 4.69) is 16.2 Å². The highest BCUT2D eigenvalue weighted by Gasteiger charge is 2.18. The average Bonchev–Trinajstić information content (AvgIpc) is 2.91. The number of nitrogens with two attached hydrogens (primary N) is 2. The van der Waals surface area contributed by atoms with Gasteiger partial charge in [-0.2, -0.15) is 10.1 Å². The molecular formula is C16H17N5O. The second kappa shape index (κ2) is 5.48. The van der Waals surface area contributed by atoms with Gasteiger partial charge in [0.15, 0.2) is 5.96 Å². The third kappa shape index (κ3) is 2.50. The Morgan fingerprint density at radius 1 is 1.32 bits per heavy atom. The Hall–Kier alpha value is -2.89. The van der Waals surface area contributed by atoms with Crippen LogP contribution in [0.3, 0.4) is 0 Å². The van der Waals surface area contributed by atoms with E-state index in [-0.39, 0.29) is 5.96 Å². The van der Waals surface area contributed by atoms with Gasteiger partial charge in [0, 0.05) is 24.4 Å². The summed E-state index contributed by atoms with van der Waals surface area (Å²) in [5.74, 6) is -0.664. The lowest BCUT2D eigenvalue weighted by molar-refractivity contribution is 0.100. The Bertz CT molecular complexity index is 797. The summed E-state index contributed by atoms with van der Waals surface area (Å²) in [6.07, 6.45) is 5.86. The zero-order valence-corrected chi connectivity index (χ0v) is 12.3. The van der Waals surface area contributed by atoms with Gasteiger partial charge in [-0.3, -0.25) is 9.48 Å². The van der Waals surface area contributed by atoms with Gasteiger partial charge in [-0.05, 0) is 42.2 Å². The van der Waals surface area contributed by atoms with Crippen LogP contribution < -0.4 is 11.5 Å². The number of amides is 1. The maximum atomic E-state index is 12.0. The minimum atomic E-state index is -0.433. The van der Waals surface area contributed by atoms with E-state index in [1.807, 2.05) is 29.9 Å². The van der Waals surface area contributed by atoms with Crippen LogP contribution >= 0.6 is 0 Å². The van der Waals surface area contributed by atoms with E-state index in [1.165, 1.54) is 5.56 Å². The summed E-state index contributed by atoms with van der Waals surface area (Å²) < 4.78 is 1.82. The molecule has 0 radical (unpaired) electrons. The van der Waals surface area contributed by atoms with Crippen molar-refractivity contribution in [1.29, 1.82) is 0 Å². The molecule has 1 aromatic heterocycles. The number of aromatic nitrogens is 2. The van der Waals surface area contributed by atoms with E-state index in [0.29, 0.717) is 5.56 Å². The van der Waals surface area contributed by atoms with Crippen LogP contribution in [0.5, 0.6) is 0 Å². The first-order valence-electron chi connectivity index (χ1n) is 7.02. The number of guanidine groups is 1. The lowest BCUT2D eigenvalue weighted by Crippen LogP contribution is -2.24. The molecule has 0 spiro atoms. The molecule has 22 heavy (non-hydrogen) atoms. The first-order valence-corrected chi connectivity index (χ1v) is 7.02. The predicted molar refractivity (Wildman–Crippen MR) is 85.2 cm³/mol. The third-order valence-electron chi connectivity index (χ3n) is 3.74. The number of allylic oxidation sites excluding steroid dienone is 1. The minimum absolute atomic E-state index is 0.231. The Labute approximate surface area is 128 Å². The summed E-state index contributed by atoms with van der Waals surface area (Å²) in [6, 6.07) is 7.54. The number of carbonyl (C=O) groups is 1. The lowest BCUT2D eigenvalue weighted by Gasteiger charge is -2.18. The highest BCUT2D eigenvalue weighted by Crippen LogP contribution is 2.32. The number of hydrogen-bond donors (Lipinski definition) is 2. The SMILES string of the molecule is Cn1nccc1C1=CCCc2ccc(C(=O)N=C(N)N)cc21. The number of nitrogens with zero attached hydrogens (tertiary/aromatic N) is 3. The fraction of sp³-hybridized carbons (Fsp3) is 0.188. The van der Waals surface area contributed by atoms with Crippen LogP contribution in [0.2, 0.25) is 0 Å². The summed E-state index contributed by atoms with van der Waals surface area (Å²) in [5, 5.41) is 4.22. The van der Waals surface area contributed by atoms with Crippen LogP contribution in [0.4, 0.5) is 0 Å². The topological polar surface area (TPSA) is 99.3 Å². The number of hydrogen-bond acceptors (Lipinski definition) is 2. The number of aryl methyl sites for hydroxylation is 2. The van der Waals surface area contributed by atoms with Gasteiger partial charge in [-0.1, -0.05) is 12.1 Å². The van der Waals surface area contributed by atoms with Crippen molar-refractivity contribution in [1.82, 2.24) is 9.78 Å². The maximum absolute atomic E-state index is 12.0. The highest BCUT2D eigenvalue weighted by molar-refractivity contribution is 6.02. The van der Waals surface area contributed by atoms with Gasteiger partial charge in [-0.25, -0.2) is 0 Å². The van der Waals surface area contributed by atoms with Gasteiger partial charge in [0.2, 0.25) is 0 Å². The van der Waals surface area contributed by atoms with E-state index in [0.717, 1.165) is 29.7 Å². The summed E-state index contributed by atoms with van der Waals surface area (Å²) >= 11 is 0. The standard InChI is InChI=1S/C16H17N5O/c1-21-14(7-8-19-21)12-4-2-3-10-5-6-11(9-13(10)12)15(22)20-16(17)18/h4-9H,2-3H2,1H3,(H4,17,18,20,22). The molecule has 0 aliphatic heterocycles. The molecule has 0 unspecified atom stereocenters. The monoisotopic (exact) mass is 295 g/mol. The molecule has 112 valence electrons. The zero-order chi connectivity index (χ0) is 15.7. The Morgan fingerprint density at radius 2 is 2.14 bits per heavy atom.